The van der Waals surface area contributed by atoms with Gasteiger partial charge in [0.05, 0.1) is 49.2 Å². The summed E-state index contributed by atoms with van der Waals surface area (Å²) in [6, 6.07) is 45.8. The number of esters is 3. The quantitative estimate of drug-likeness (QED) is 0.0120. The Hall–Kier alpha value is -7.87. The third-order valence-corrected chi connectivity index (χ3v) is 16.7. The number of hydrogen-bond donors (Lipinski definition) is 0. The van der Waals surface area contributed by atoms with E-state index in [1.54, 1.807) is 60.7 Å². The zero-order chi connectivity index (χ0) is 66.1. The van der Waals surface area contributed by atoms with Gasteiger partial charge in [0.15, 0.2) is 12.9 Å². The molecule has 6 aromatic rings. The molecular weight excluding hydrogens is 1180 g/mol. The van der Waals surface area contributed by atoms with E-state index in [2.05, 4.69) is 44.5 Å². The van der Waals surface area contributed by atoms with E-state index < -0.39 is 24.1 Å². The number of carbonyl (C=O) groups excluding carboxylic acids is 3. The van der Waals surface area contributed by atoms with Crippen molar-refractivity contribution < 1.29 is 57.0 Å². The van der Waals surface area contributed by atoms with Crippen molar-refractivity contribution in [2.75, 3.05) is 33.2 Å². The van der Waals surface area contributed by atoms with Crippen molar-refractivity contribution in [1.29, 1.82) is 0 Å². The van der Waals surface area contributed by atoms with Crippen molar-refractivity contribution in [2.24, 2.45) is 0 Å². The monoisotopic (exact) mass is 1280 g/mol. The summed E-state index contributed by atoms with van der Waals surface area (Å²) in [6.07, 6.45) is 30.0. The highest BCUT2D eigenvalue weighted by atomic mass is 16.7. The maximum absolute atomic E-state index is 13.1. The Bertz CT molecular complexity index is 3190. The maximum atomic E-state index is 13.1. The third kappa shape index (κ3) is 28.0. The molecule has 2 aliphatic rings. The second kappa shape index (κ2) is 43.9. The first-order valence-electron chi connectivity index (χ1n) is 35.1. The molecule has 8 rings (SSSR count). The van der Waals surface area contributed by atoms with E-state index in [0.717, 1.165) is 72.6 Å². The highest BCUT2D eigenvalue weighted by Gasteiger charge is 2.50. The smallest absolute Gasteiger partial charge is 0.343 e. The number of carbonyl (C=O) groups is 3. The standard InChI is InChI=1S/C60H76O8.C22H26O4/c1-3-5-7-9-11-13-15-17-19-21-43-62-53-37-29-49(30-38-53)24-23-48-27-35-52(36-28-48)60(61)68-57-46-65-58-56(45-64-59(57)58)67-47-66-55-41-33-51(34-42-55)26-25-50-31-39-54(40-32-50)63-44-22-20-18-16-14-12-10-8-6-4-2;1-3-4-5-7-10-17(2)25-21(23)19-13-15-20(16-14-19)26-22(24)18-11-8-6-9-12-18/h27-42,56-59H,3-22,43-47H2,1-2H3;6,8-9,11-17H,3-5,7,10H2,1-2H3/t56-,57+,58?,59?;/m0./s1. The van der Waals surface area contributed by atoms with Gasteiger partial charge in [-0.1, -0.05) is 197 Å². The molecule has 12 heteroatoms. The minimum Gasteiger partial charge on any atom is -0.494 e. The van der Waals surface area contributed by atoms with Crippen LogP contribution in [0.25, 0.3) is 0 Å². The number of hydrogen-bond acceptors (Lipinski definition) is 12. The van der Waals surface area contributed by atoms with Gasteiger partial charge in [0.1, 0.15) is 41.3 Å². The number of fused-ring (bicyclic) bond motifs is 1. The number of rotatable bonds is 39. The average molecular weight is 1280 g/mol. The van der Waals surface area contributed by atoms with Gasteiger partial charge in [-0.15, -0.1) is 0 Å². The molecule has 2 fully saturated rings. The zero-order valence-corrected chi connectivity index (χ0v) is 56.4. The van der Waals surface area contributed by atoms with Crippen LogP contribution in [0.1, 0.15) is 242 Å². The molecule has 0 aliphatic carbocycles. The largest absolute Gasteiger partial charge is 0.494 e. The summed E-state index contributed by atoms with van der Waals surface area (Å²) in [5.74, 6) is 14.4. The first-order chi connectivity index (χ1) is 46.2. The normalized spacial score (nSPS) is 15.6. The molecule has 0 N–H and O–H groups in total. The Morgan fingerprint density at radius 2 is 0.755 bits per heavy atom. The lowest BCUT2D eigenvalue weighted by Gasteiger charge is -2.17. The fourth-order valence-electron chi connectivity index (χ4n) is 11.1. The highest BCUT2D eigenvalue weighted by Crippen LogP contribution is 2.32. The molecule has 12 nitrogen and oxygen atoms in total. The second-order valence-corrected chi connectivity index (χ2v) is 24.6. The van der Waals surface area contributed by atoms with Crippen molar-refractivity contribution in [3.8, 4) is 46.7 Å². The molecule has 6 aromatic carbocycles. The van der Waals surface area contributed by atoms with Crippen LogP contribution in [-0.2, 0) is 23.7 Å². The molecule has 5 atom stereocenters. The molecule has 2 aliphatic heterocycles. The van der Waals surface area contributed by atoms with Crippen LogP contribution in [0, 0.1) is 23.7 Å². The van der Waals surface area contributed by atoms with Gasteiger partial charge in [0.2, 0.25) is 0 Å². The van der Waals surface area contributed by atoms with E-state index in [9.17, 15) is 14.4 Å². The van der Waals surface area contributed by atoms with Gasteiger partial charge in [0.25, 0.3) is 0 Å². The van der Waals surface area contributed by atoms with Crippen molar-refractivity contribution in [2.45, 2.75) is 219 Å². The van der Waals surface area contributed by atoms with E-state index in [1.165, 1.54) is 135 Å². The maximum Gasteiger partial charge on any atom is 0.343 e. The SMILES string of the molecule is CCCCCCC(C)OC(=O)c1ccc(OC(=O)c2ccccc2)cc1.CCCCCCCCCCCCOc1ccc(C#Cc2ccc(OCO[C@H]3COC4C3OC[C@H]4OC(=O)c3ccc(C#Cc4ccc(OCCCCCCCCCCCC)cc4)cc3)cc2)cc1. The predicted octanol–water partition coefficient (Wildman–Crippen LogP) is 19.3. The van der Waals surface area contributed by atoms with Gasteiger partial charge in [0, 0.05) is 22.3 Å². The number of ether oxygens (including phenoxy) is 9. The fraction of sp³-hybridized carbons (Fsp3) is 0.476. The van der Waals surface area contributed by atoms with Gasteiger partial charge in [-0.2, -0.15) is 0 Å². The Kier molecular flexibility index (Phi) is 34.4. The van der Waals surface area contributed by atoms with Crippen molar-refractivity contribution in [3.05, 3.63) is 191 Å². The van der Waals surface area contributed by atoms with Gasteiger partial charge in [-0.05, 0) is 166 Å². The van der Waals surface area contributed by atoms with Crippen molar-refractivity contribution in [3.63, 3.8) is 0 Å². The minimum absolute atomic E-state index is 0.0259. The first-order valence-corrected chi connectivity index (χ1v) is 35.1. The Morgan fingerprint density at radius 1 is 0.394 bits per heavy atom. The molecule has 502 valence electrons. The van der Waals surface area contributed by atoms with Crippen LogP contribution in [0.15, 0.2) is 152 Å². The van der Waals surface area contributed by atoms with Crippen LogP contribution in [0.5, 0.6) is 23.0 Å². The van der Waals surface area contributed by atoms with E-state index in [0.29, 0.717) is 34.8 Å². The summed E-state index contributed by atoms with van der Waals surface area (Å²) in [5, 5.41) is 0. The minimum atomic E-state index is -0.539. The lowest BCUT2D eigenvalue weighted by Crippen LogP contribution is -2.35. The molecule has 2 saturated heterocycles. The van der Waals surface area contributed by atoms with Gasteiger partial charge < -0.3 is 42.6 Å². The summed E-state index contributed by atoms with van der Waals surface area (Å²) in [5.41, 5.74) is 4.88. The number of benzene rings is 6. The van der Waals surface area contributed by atoms with Crippen LogP contribution in [0.2, 0.25) is 0 Å². The van der Waals surface area contributed by atoms with Gasteiger partial charge in [-0.3, -0.25) is 0 Å². The van der Waals surface area contributed by atoms with E-state index in [-0.39, 0.29) is 37.7 Å². The first kappa shape index (κ1) is 73.5. The number of unbranched alkanes of at least 4 members (excludes halogenated alkanes) is 21. The Balaban J connectivity index is 0.000000401. The van der Waals surface area contributed by atoms with Crippen LogP contribution < -0.4 is 18.9 Å². The lowest BCUT2D eigenvalue weighted by atomic mass is 10.1. The van der Waals surface area contributed by atoms with E-state index in [1.807, 2.05) is 97.9 Å². The van der Waals surface area contributed by atoms with Crippen LogP contribution in [0.3, 0.4) is 0 Å². The lowest BCUT2D eigenvalue weighted by molar-refractivity contribution is -0.0839. The third-order valence-electron chi connectivity index (χ3n) is 16.7. The molecule has 0 saturated carbocycles. The Labute approximate surface area is 561 Å². The summed E-state index contributed by atoms with van der Waals surface area (Å²) in [7, 11) is 0. The zero-order valence-electron chi connectivity index (χ0n) is 56.4. The predicted molar refractivity (Wildman–Crippen MR) is 373 cm³/mol. The average Bonchev–Trinajstić information content (AvgIpc) is 1.66. The molecule has 0 amide bonds. The molecule has 0 radical (unpaired) electrons. The van der Waals surface area contributed by atoms with Crippen LogP contribution in [0.4, 0.5) is 0 Å². The topological polar surface area (TPSA) is 134 Å². The van der Waals surface area contributed by atoms with Gasteiger partial charge in [-0.25, -0.2) is 14.4 Å². The van der Waals surface area contributed by atoms with Gasteiger partial charge >= 0.3 is 17.9 Å². The second-order valence-electron chi connectivity index (χ2n) is 24.6. The fourth-order valence-corrected chi connectivity index (χ4v) is 11.1. The summed E-state index contributed by atoms with van der Waals surface area (Å²) in [4.78, 5) is 37.3. The molecule has 3 unspecified atom stereocenters. The van der Waals surface area contributed by atoms with Crippen LogP contribution >= 0.6 is 0 Å². The summed E-state index contributed by atoms with van der Waals surface area (Å²) in [6.45, 7) is 10.7. The van der Waals surface area contributed by atoms with Crippen molar-refractivity contribution >= 4 is 17.9 Å². The summed E-state index contributed by atoms with van der Waals surface area (Å²) < 4.78 is 52.4. The summed E-state index contributed by atoms with van der Waals surface area (Å²) >= 11 is 0. The molecule has 2 heterocycles. The Morgan fingerprint density at radius 3 is 1.22 bits per heavy atom. The molecule has 0 aromatic heterocycles. The molecule has 94 heavy (non-hydrogen) atoms. The highest BCUT2D eigenvalue weighted by molar-refractivity contribution is 5.92. The molecule has 0 bridgehead atoms. The molecular formula is C82H102O12. The van der Waals surface area contributed by atoms with E-state index >= 15 is 0 Å². The van der Waals surface area contributed by atoms with Crippen molar-refractivity contribution in [1.82, 2.24) is 0 Å². The molecule has 0 spiro atoms. The van der Waals surface area contributed by atoms with Crippen LogP contribution in [-0.4, -0.2) is 81.6 Å². The van der Waals surface area contributed by atoms with E-state index in [4.69, 9.17) is 42.6 Å².